The summed E-state index contributed by atoms with van der Waals surface area (Å²) in [5, 5.41) is 3.34. The second-order valence-electron chi connectivity index (χ2n) is 5.36. The Morgan fingerprint density at radius 2 is 1.92 bits per heavy atom. The summed E-state index contributed by atoms with van der Waals surface area (Å²) in [7, 11) is 1.84. The number of thioether (sulfide) groups is 1. The number of nitrogens with one attached hydrogen (secondary N) is 1. The normalized spacial score (nSPS) is 11.7. The first-order chi connectivity index (χ1) is 11.8. The van der Waals surface area contributed by atoms with Gasteiger partial charge in [0.05, 0.1) is 22.2 Å². The molecule has 0 radical (unpaired) electrons. The first kappa shape index (κ1) is 17.3. The van der Waals surface area contributed by atoms with Crippen LogP contribution in [0.25, 0.3) is 11.0 Å². The molecule has 25 heavy (non-hydrogen) atoms. The van der Waals surface area contributed by atoms with Crippen LogP contribution in [0.15, 0.2) is 47.6 Å². The van der Waals surface area contributed by atoms with Gasteiger partial charge in [-0.15, -0.1) is 0 Å². The van der Waals surface area contributed by atoms with Crippen molar-refractivity contribution in [1.82, 2.24) is 9.55 Å². The maximum absolute atomic E-state index is 13.1. The second kappa shape index (κ2) is 6.44. The summed E-state index contributed by atoms with van der Waals surface area (Å²) in [6.07, 6.45) is -2.69. The minimum atomic E-state index is -4.59. The van der Waals surface area contributed by atoms with Crippen molar-refractivity contribution in [3.8, 4) is 0 Å². The Hall–Kier alpha value is -2.48. The van der Waals surface area contributed by atoms with Crippen LogP contribution in [0.5, 0.6) is 0 Å². The van der Waals surface area contributed by atoms with E-state index in [1.165, 1.54) is 23.9 Å². The molecule has 4 nitrogen and oxygen atoms in total. The van der Waals surface area contributed by atoms with Gasteiger partial charge in [0, 0.05) is 12.7 Å². The number of benzene rings is 2. The Balaban J connectivity index is 1.94. The predicted octanol–water partition coefficient (Wildman–Crippen LogP) is 4.57. The molecule has 3 aromatic rings. The summed E-state index contributed by atoms with van der Waals surface area (Å²) < 4.78 is 41.0. The fraction of sp³-hybridized carbons (Fsp3) is 0.176. The zero-order valence-corrected chi connectivity index (χ0v) is 14.2. The lowest BCUT2D eigenvalue weighted by Crippen LogP contribution is -2.18. The number of alkyl halides is 3. The molecule has 0 fully saturated rings. The third kappa shape index (κ3) is 3.34. The number of imidazole rings is 1. The average Bonchev–Trinajstić information content (AvgIpc) is 2.90. The Morgan fingerprint density at radius 3 is 2.60 bits per heavy atom. The number of hydrogen-bond donors (Lipinski definition) is 1. The van der Waals surface area contributed by atoms with E-state index in [9.17, 15) is 18.0 Å². The monoisotopic (exact) mass is 365 g/mol. The van der Waals surface area contributed by atoms with Crippen LogP contribution in [-0.4, -0.2) is 21.7 Å². The van der Waals surface area contributed by atoms with Crippen molar-refractivity contribution >= 4 is 34.4 Å². The molecule has 3 rings (SSSR count). The van der Waals surface area contributed by atoms with Crippen LogP contribution in [0.3, 0.4) is 0 Å². The van der Waals surface area contributed by atoms with Gasteiger partial charge in [0.2, 0.25) is 0 Å². The zero-order valence-electron chi connectivity index (χ0n) is 13.4. The van der Waals surface area contributed by atoms with E-state index in [1.807, 2.05) is 17.9 Å². The van der Waals surface area contributed by atoms with Gasteiger partial charge in [-0.25, -0.2) is 4.98 Å². The van der Waals surface area contributed by atoms with Crippen molar-refractivity contribution in [2.75, 3.05) is 11.6 Å². The Morgan fingerprint density at radius 1 is 1.20 bits per heavy atom. The van der Waals surface area contributed by atoms with E-state index in [-0.39, 0.29) is 0 Å². The maximum atomic E-state index is 13.1. The molecule has 0 saturated heterocycles. The number of hydrogen-bond acceptors (Lipinski definition) is 3. The van der Waals surface area contributed by atoms with E-state index >= 15 is 0 Å². The van der Waals surface area contributed by atoms with Crippen LogP contribution in [-0.2, 0) is 13.2 Å². The lowest BCUT2D eigenvalue weighted by atomic mass is 10.1. The van der Waals surface area contributed by atoms with Gasteiger partial charge in [0.1, 0.15) is 0 Å². The van der Waals surface area contributed by atoms with Gasteiger partial charge in [-0.05, 0) is 36.6 Å². The summed E-state index contributed by atoms with van der Waals surface area (Å²) in [6, 6.07) is 9.74. The van der Waals surface area contributed by atoms with Gasteiger partial charge in [0.25, 0.3) is 5.91 Å². The number of anilines is 1. The van der Waals surface area contributed by atoms with Crippen LogP contribution < -0.4 is 5.32 Å². The van der Waals surface area contributed by atoms with E-state index in [1.54, 1.807) is 18.2 Å². The van der Waals surface area contributed by atoms with E-state index in [2.05, 4.69) is 10.3 Å². The van der Waals surface area contributed by atoms with Crippen LogP contribution in [0.1, 0.15) is 15.9 Å². The molecule has 0 aliphatic rings. The van der Waals surface area contributed by atoms with Gasteiger partial charge >= 0.3 is 6.18 Å². The predicted molar refractivity (Wildman–Crippen MR) is 91.9 cm³/mol. The van der Waals surface area contributed by atoms with E-state index < -0.39 is 23.2 Å². The molecule has 0 spiro atoms. The fourth-order valence-corrected chi connectivity index (χ4v) is 3.12. The molecular formula is C17H14F3N3OS. The summed E-state index contributed by atoms with van der Waals surface area (Å²) in [5.41, 5.74) is 0.570. The highest BCUT2D eigenvalue weighted by Gasteiger charge is 2.34. The van der Waals surface area contributed by atoms with E-state index in [0.29, 0.717) is 5.69 Å². The van der Waals surface area contributed by atoms with Gasteiger partial charge in [-0.3, -0.25) is 4.79 Å². The second-order valence-corrected chi connectivity index (χ2v) is 6.13. The van der Waals surface area contributed by atoms with Crippen molar-refractivity contribution in [3.63, 3.8) is 0 Å². The molecule has 0 unspecified atom stereocenters. The minimum Gasteiger partial charge on any atom is -0.322 e. The minimum absolute atomic E-state index is 0.408. The van der Waals surface area contributed by atoms with E-state index in [4.69, 9.17) is 0 Å². The number of rotatable bonds is 3. The molecule has 8 heteroatoms. The van der Waals surface area contributed by atoms with Crippen molar-refractivity contribution in [1.29, 1.82) is 0 Å². The largest absolute Gasteiger partial charge is 0.417 e. The molecule has 1 amide bonds. The first-order valence-electron chi connectivity index (χ1n) is 7.29. The molecule has 1 aromatic heterocycles. The summed E-state index contributed by atoms with van der Waals surface area (Å²) >= 11 is 1.48. The standard InChI is InChI=1S/C17H14F3N3OS/c1-23-14-9-10(7-8-13(14)22-16(23)25-2)21-15(24)11-5-3-4-6-12(11)17(18,19)20/h3-9H,1-2H3,(H,21,24). The smallest absolute Gasteiger partial charge is 0.322 e. The molecule has 0 bridgehead atoms. The van der Waals surface area contributed by atoms with Crippen LogP contribution >= 0.6 is 11.8 Å². The molecule has 0 saturated carbocycles. The Kier molecular flexibility index (Phi) is 4.47. The summed E-state index contributed by atoms with van der Waals surface area (Å²) in [4.78, 5) is 16.7. The number of aryl methyl sites for hydroxylation is 1. The zero-order chi connectivity index (χ0) is 18.2. The van der Waals surface area contributed by atoms with E-state index in [0.717, 1.165) is 28.3 Å². The highest BCUT2D eigenvalue weighted by atomic mass is 32.2. The molecule has 1 N–H and O–H groups in total. The molecule has 130 valence electrons. The molecule has 0 aliphatic carbocycles. The molecule has 1 heterocycles. The molecular weight excluding hydrogens is 351 g/mol. The maximum Gasteiger partial charge on any atom is 0.417 e. The lowest BCUT2D eigenvalue weighted by molar-refractivity contribution is -0.137. The number of carbonyl (C=O) groups excluding carboxylic acids is 1. The number of halogens is 3. The van der Waals surface area contributed by atoms with Gasteiger partial charge in [-0.1, -0.05) is 23.9 Å². The summed E-state index contributed by atoms with van der Waals surface area (Å²) in [6.45, 7) is 0. The van der Waals surface area contributed by atoms with Gasteiger partial charge < -0.3 is 9.88 Å². The lowest BCUT2D eigenvalue weighted by Gasteiger charge is -2.12. The van der Waals surface area contributed by atoms with Crippen LogP contribution in [0, 0.1) is 0 Å². The van der Waals surface area contributed by atoms with Crippen molar-refractivity contribution in [2.24, 2.45) is 7.05 Å². The van der Waals surface area contributed by atoms with Crippen molar-refractivity contribution in [3.05, 3.63) is 53.6 Å². The Bertz CT molecular complexity index is 950. The third-order valence-electron chi connectivity index (χ3n) is 3.76. The number of aromatic nitrogens is 2. The van der Waals surface area contributed by atoms with Crippen LogP contribution in [0.2, 0.25) is 0 Å². The quantitative estimate of drug-likeness (QED) is 0.692. The number of carbonyl (C=O) groups is 1. The highest BCUT2D eigenvalue weighted by Crippen LogP contribution is 2.32. The van der Waals surface area contributed by atoms with Crippen molar-refractivity contribution < 1.29 is 18.0 Å². The fourth-order valence-electron chi connectivity index (χ4n) is 2.55. The first-order valence-corrected chi connectivity index (χ1v) is 8.52. The number of fused-ring (bicyclic) bond motifs is 1. The van der Waals surface area contributed by atoms with Gasteiger partial charge in [-0.2, -0.15) is 13.2 Å². The molecule has 0 atom stereocenters. The topological polar surface area (TPSA) is 46.9 Å². The molecule has 0 aliphatic heterocycles. The van der Waals surface area contributed by atoms with Gasteiger partial charge in [0.15, 0.2) is 5.16 Å². The summed E-state index contributed by atoms with van der Waals surface area (Å²) in [5.74, 6) is -0.806. The molecule has 2 aromatic carbocycles. The number of amides is 1. The highest BCUT2D eigenvalue weighted by molar-refractivity contribution is 7.98. The average molecular weight is 365 g/mol. The number of nitrogens with zero attached hydrogens (tertiary/aromatic N) is 2. The van der Waals surface area contributed by atoms with Crippen LogP contribution in [0.4, 0.5) is 18.9 Å². The Labute approximate surface area is 146 Å². The SMILES string of the molecule is CSc1nc2ccc(NC(=O)c3ccccc3C(F)(F)F)cc2n1C. The third-order valence-corrected chi connectivity index (χ3v) is 4.49. The van der Waals surface area contributed by atoms with Crippen molar-refractivity contribution in [2.45, 2.75) is 11.3 Å².